The molecule has 2 unspecified atom stereocenters. The summed E-state index contributed by atoms with van der Waals surface area (Å²) in [6.45, 7) is 0.760. The average Bonchev–Trinajstić information content (AvgIpc) is 2.34. The minimum absolute atomic E-state index is 0.392. The number of methoxy groups -OCH3 is 1. The normalized spacial score (nSPS) is 14.6. The van der Waals surface area contributed by atoms with Gasteiger partial charge in [0, 0.05) is 11.6 Å². The van der Waals surface area contributed by atoms with Gasteiger partial charge in [0.25, 0.3) is 0 Å². The number of halogens is 1. The molecule has 0 heterocycles. The number of hydrogen-bond donors (Lipinski definition) is 2. The van der Waals surface area contributed by atoms with Crippen molar-refractivity contribution in [2.45, 2.75) is 18.6 Å². The van der Waals surface area contributed by atoms with Gasteiger partial charge in [-0.25, -0.2) is 4.39 Å². The molecule has 0 bridgehead atoms. The SMILES string of the molecule is COc1ccc(F)cc1C(O)C(N)CCN(C)C. The molecule has 102 valence electrons. The van der Waals surface area contributed by atoms with Crippen molar-refractivity contribution in [2.24, 2.45) is 5.73 Å². The first-order chi connectivity index (χ1) is 8.45. The van der Waals surface area contributed by atoms with E-state index in [9.17, 15) is 9.50 Å². The molecule has 0 aliphatic rings. The first kappa shape index (κ1) is 14.9. The fourth-order valence-corrected chi connectivity index (χ4v) is 1.73. The maximum Gasteiger partial charge on any atom is 0.124 e. The minimum Gasteiger partial charge on any atom is -0.496 e. The summed E-state index contributed by atoms with van der Waals surface area (Å²) < 4.78 is 18.3. The van der Waals surface area contributed by atoms with Crippen LogP contribution in [0.3, 0.4) is 0 Å². The Kier molecular flexibility index (Phi) is 5.53. The maximum absolute atomic E-state index is 13.2. The van der Waals surface area contributed by atoms with E-state index in [4.69, 9.17) is 10.5 Å². The topological polar surface area (TPSA) is 58.7 Å². The Hall–Kier alpha value is -1.17. The molecule has 0 amide bonds. The number of nitrogens with zero attached hydrogens (tertiary/aromatic N) is 1. The van der Waals surface area contributed by atoms with E-state index in [1.807, 2.05) is 19.0 Å². The quantitative estimate of drug-likeness (QED) is 0.801. The molecule has 1 rings (SSSR count). The minimum atomic E-state index is -0.935. The van der Waals surface area contributed by atoms with Gasteiger partial charge in [-0.3, -0.25) is 0 Å². The zero-order chi connectivity index (χ0) is 13.7. The third-order valence-electron chi connectivity index (χ3n) is 2.83. The Morgan fingerprint density at radius 3 is 2.67 bits per heavy atom. The van der Waals surface area contributed by atoms with Crippen LogP contribution in [0.4, 0.5) is 4.39 Å². The van der Waals surface area contributed by atoms with Crippen molar-refractivity contribution >= 4 is 0 Å². The lowest BCUT2D eigenvalue weighted by atomic mass is 9.99. The fourth-order valence-electron chi connectivity index (χ4n) is 1.73. The number of aliphatic hydroxyl groups excluding tert-OH is 1. The molecule has 18 heavy (non-hydrogen) atoms. The van der Waals surface area contributed by atoms with Crippen LogP contribution in [0, 0.1) is 5.82 Å². The van der Waals surface area contributed by atoms with Gasteiger partial charge in [-0.2, -0.15) is 0 Å². The van der Waals surface area contributed by atoms with Crippen molar-refractivity contribution in [2.75, 3.05) is 27.7 Å². The van der Waals surface area contributed by atoms with E-state index >= 15 is 0 Å². The third-order valence-corrected chi connectivity index (χ3v) is 2.83. The van der Waals surface area contributed by atoms with E-state index in [0.717, 1.165) is 6.54 Å². The Morgan fingerprint density at radius 2 is 2.11 bits per heavy atom. The van der Waals surface area contributed by atoms with E-state index in [-0.39, 0.29) is 0 Å². The summed E-state index contributed by atoms with van der Waals surface area (Å²) in [5, 5.41) is 10.1. The van der Waals surface area contributed by atoms with E-state index in [2.05, 4.69) is 0 Å². The first-order valence-electron chi connectivity index (χ1n) is 5.87. The van der Waals surface area contributed by atoms with Crippen molar-refractivity contribution in [3.8, 4) is 5.75 Å². The number of ether oxygens (including phenoxy) is 1. The van der Waals surface area contributed by atoms with Crippen LogP contribution in [0.5, 0.6) is 5.75 Å². The Balaban J connectivity index is 2.81. The molecule has 0 aliphatic heterocycles. The molecule has 0 aliphatic carbocycles. The molecular formula is C13H21FN2O2. The number of rotatable bonds is 6. The Labute approximate surface area is 107 Å². The van der Waals surface area contributed by atoms with Gasteiger partial charge in [-0.1, -0.05) is 0 Å². The highest BCUT2D eigenvalue weighted by atomic mass is 19.1. The Morgan fingerprint density at radius 1 is 1.44 bits per heavy atom. The first-order valence-corrected chi connectivity index (χ1v) is 5.87. The van der Waals surface area contributed by atoms with Crippen LogP contribution in [0.25, 0.3) is 0 Å². The lowest BCUT2D eigenvalue weighted by Crippen LogP contribution is -2.32. The highest BCUT2D eigenvalue weighted by Gasteiger charge is 2.21. The zero-order valence-corrected chi connectivity index (χ0v) is 11.1. The molecule has 4 nitrogen and oxygen atoms in total. The van der Waals surface area contributed by atoms with Gasteiger partial charge in [-0.15, -0.1) is 0 Å². The lowest BCUT2D eigenvalue weighted by Gasteiger charge is -2.22. The standard InChI is InChI=1S/C13H21FN2O2/c1-16(2)7-6-11(15)13(17)10-8-9(14)4-5-12(10)18-3/h4-5,8,11,13,17H,6-7,15H2,1-3H3. The van der Waals surface area contributed by atoms with Crippen LogP contribution in [-0.2, 0) is 0 Å². The second-order valence-corrected chi connectivity index (χ2v) is 4.59. The highest BCUT2D eigenvalue weighted by molar-refractivity contribution is 5.36. The summed E-state index contributed by atoms with van der Waals surface area (Å²) in [6.07, 6.45) is -0.316. The molecule has 0 fully saturated rings. The zero-order valence-electron chi connectivity index (χ0n) is 11.1. The molecule has 0 aromatic heterocycles. The highest BCUT2D eigenvalue weighted by Crippen LogP contribution is 2.28. The largest absolute Gasteiger partial charge is 0.496 e. The summed E-state index contributed by atoms with van der Waals surface area (Å²) in [5.74, 6) is 0.0360. The average molecular weight is 256 g/mol. The molecule has 0 spiro atoms. The van der Waals surface area contributed by atoms with E-state index in [1.54, 1.807) is 0 Å². The molecule has 1 aromatic rings. The summed E-state index contributed by atoms with van der Waals surface area (Å²) >= 11 is 0. The predicted octanol–water partition coefficient (Wildman–Crippen LogP) is 1.15. The molecule has 0 saturated carbocycles. The van der Waals surface area contributed by atoms with Crippen LogP contribution in [0.1, 0.15) is 18.1 Å². The summed E-state index contributed by atoms with van der Waals surface area (Å²) in [6, 6.07) is 3.59. The summed E-state index contributed by atoms with van der Waals surface area (Å²) in [5.41, 5.74) is 6.31. The van der Waals surface area contributed by atoms with Gasteiger partial charge in [0.05, 0.1) is 13.2 Å². The lowest BCUT2D eigenvalue weighted by molar-refractivity contribution is 0.134. The van der Waals surface area contributed by atoms with Crippen molar-refractivity contribution in [3.63, 3.8) is 0 Å². The van der Waals surface area contributed by atoms with Crippen LogP contribution >= 0.6 is 0 Å². The number of aliphatic hydroxyl groups is 1. The summed E-state index contributed by atoms with van der Waals surface area (Å²) in [4.78, 5) is 1.98. The number of hydrogen-bond acceptors (Lipinski definition) is 4. The predicted molar refractivity (Wildman–Crippen MR) is 69.1 cm³/mol. The van der Waals surface area contributed by atoms with E-state index < -0.39 is 18.0 Å². The molecule has 0 saturated heterocycles. The number of benzene rings is 1. The second-order valence-electron chi connectivity index (χ2n) is 4.59. The van der Waals surface area contributed by atoms with Crippen molar-refractivity contribution in [1.82, 2.24) is 4.90 Å². The van der Waals surface area contributed by atoms with Gasteiger partial charge in [0.1, 0.15) is 11.6 Å². The van der Waals surface area contributed by atoms with Crippen LogP contribution < -0.4 is 10.5 Å². The second kappa shape index (κ2) is 6.68. The van der Waals surface area contributed by atoms with Crippen molar-refractivity contribution in [3.05, 3.63) is 29.6 Å². The van der Waals surface area contributed by atoms with E-state index in [1.165, 1.54) is 25.3 Å². The van der Waals surface area contributed by atoms with Gasteiger partial charge in [0.2, 0.25) is 0 Å². The maximum atomic E-state index is 13.2. The molecule has 1 aromatic carbocycles. The van der Waals surface area contributed by atoms with Crippen LogP contribution in [0.2, 0.25) is 0 Å². The van der Waals surface area contributed by atoms with Gasteiger partial charge >= 0.3 is 0 Å². The monoisotopic (exact) mass is 256 g/mol. The molecular weight excluding hydrogens is 235 g/mol. The Bertz CT molecular complexity index is 385. The molecule has 2 atom stereocenters. The van der Waals surface area contributed by atoms with Crippen LogP contribution in [0.15, 0.2) is 18.2 Å². The fraction of sp³-hybridized carbons (Fsp3) is 0.538. The van der Waals surface area contributed by atoms with Gasteiger partial charge in [0.15, 0.2) is 0 Å². The van der Waals surface area contributed by atoms with Gasteiger partial charge < -0.3 is 20.5 Å². The van der Waals surface area contributed by atoms with Crippen molar-refractivity contribution < 1.29 is 14.2 Å². The summed E-state index contributed by atoms with van der Waals surface area (Å²) in [7, 11) is 5.35. The third kappa shape index (κ3) is 3.94. The van der Waals surface area contributed by atoms with Crippen molar-refractivity contribution in [1.29, 1.82) is 0 Å². The van der Waals surface area contributed by atoms with Gasteiger partial charge in [-0.05, 0) is 45.3 Å². The van der Waals surface area contributed by atoms with E-state index in [0.29, 0.717) is 17.7 Å². The van der Waals surface area contributed by atoms with Crippen LogP contribution in [-0.4, -0.2) is 43.8 Å². The molecule has 5 heteroatoms. The molecule has 0 radical (unpaired) electrons. The molecule has 3 N–H and O–H groups in total. The number of nitrogens with two attached hydrogens (primary N) is 1. The smallest absolute Gasteiger partial charge is 0.124 e.